The third-order valence-electron chi connectivity index (χ3n) is 4.36. The van der Waals surface area contributed by atoms with E-state index in [1.54, 1.807) is 11.9 Å². The molecule has 0 aliphatic carbocycles. The Morgan fingerprint density at radius 1 is 1.30 bits per heavy atom. The summed E-state index contributed by atoms with van der Waals surface area (Å²) in [4.78, 5) is 39.1. The van der Waals surface area contributed by atoms with E-state index in [9.17, 15) is 14.4 Å². The van der Waals surface area contributed by atoms with E-state index in [2.05, 4.69) is 0 Å². The maximum Gasteiger partial charge on any atom is 0.245 e. The summed E-state index contributed by atoms with van der Waals surface area (Å²) in [5, 5.41) is 0. The van der Waals surface area contributed by atoms with Crippen molar-refractivity contribution in [2.75, 3.05) is 13.6 Å². The molecule has 1 aromatic rings. The average molecular weight is 317 g/mol. The second-order valence-electron chi connectivity index (χ2n) is 5.93. The fourth-order valence-electron chi connectivity index (χ4n) is 3.05. The van der Waals surface area contributed by atoms with Crippen LogP contribution in [0.5, 0.6) is 0 Å². The average Bonchev–Trinajstić information content (AvgIpc) is 3.01. The third kappa shape index (κ3) is 3.88. The van der Waals surface area contributed by atoms with Crippen LogP contribution >= 0.6 is 0 Å². The predicted molar refractivity (Wildman–Crippen MR) is 86.3 cm³/mol. The number of likely N-dealkylation sites (N-methyl/N-ethyl adjacent to an activating group) is 1. The number of hydrogen-bond acceptors (Lipinski definition) is 3. The molecule has 1 aromatic carbocycles. The zero-order valence-corrected chi connectivity index (χ0v) is 13.6. The number of carbonyl (C=O) groups is 3. The van der Waals surface area contributed by atoms with Crippen molar-refractivity contribution < 1.29 is 14.4 Å². The van der Waals surface area contributed by atoms with Crippen LogP contribution in [0, 0.1) is 0 Å². The molecule has 0 unspecified atom stereocenters. The van der Waals surface area contributed by atoms with Crippen molar-refractivity contribution in [3.63, 3.8) is 0 Å². The number of amides is 3. The summed E-state index contributed by atoms with van der Waals surface area (Å²) in [6.07, 6.45) is 1.79. The molecule has 1 aliphatic heterocycles. The smallest absolute Gasteiger partial charge is 0.245 e. The van der Waals surface area contributed by atoms with Gasteiger partial charge in [0, 0.05) is 26.9 Å². The van der Waals surface area contributed by atoms with E-state index in [1.165, 1.54) is 11.8 Å². The molecule has 23 heavy (non-hydrogen) atoms. The first-order chi connectivity index (χ1) is 10.9. The van der Waals surface area contributed by atoms with E-state index < -0.39 is 18.0 Å². The van der Waals surface area contributed by atoms with Crippen LogP contribution < -0.4 is 5.73 Å². The van der Waals surface area contributed by atoms with Crippen LogP contribution in [-0.2, 0) is 20.8 Å². The second-order valence-corrected chi connectivity index (χ2v) is 5.93. The highest BCUT2D eigenvalue weighted by Gasteiger charge is 2.37. The lowest BCUT2D eigenvalue weighted by atomic mass is 10.0. The van der Waals surface area contributed by atoms with Gasteiger partial charge in [-0.1, -0.05) is 30.3 Å². The fourth-order valence-corrected chi connectivity index (χ4v) is 3.05. The van der Waals surface area contributed by atoms with Crippen LogP contribution in [0.25, 0.3) is 0 Å². The van der Waals surface area contributed by atoms with Gasteiger partial charge < -0.3 is 15.5 Å². The first-order valence-electron chi connectivity index (χ1n) is 7.79. The molecule has 0 saturated carbocycles. The lowest BCUT2D eigenvalue weighted by molar-refractivity contribution is -0.145. The summed E-state index contributed by atoms with van der Waals surface area (Å²) in [5.41, 5.74) is 6.44. The molecule has 6 heteroatoms. The molecule has 6 nitrogen and oxygen atoms in total. The van der Waals surface area contributed by atoms with Gasteiger partial charge in [-0.25, -0.2) is 0 Å². The quantitative estimate of drug-likeness (QED) is 0.861. The number of carbonyl (C=O) groups excluding carboxylic acids is 3. The van der Waals surface area contributed by atoms with Crippen molar-refractivity contribution in [1.82, 2.24) is 9.80 Å². The molecule has 1 saturated heterocycles. The molecular weight excluding hydrogens is 294 g/mol. The van der Waals surface area contributed by atoms with Crippen LogP contribution in [0.1, 0.15) is 25.3 Å². The first-order valence-corrected chi connectivity index (χ1v) is 7.79. The number of nitrogens with two attached hydrogens (primary N) is 1. The second kappa shape index (κ2) is 7.26. The summed E-state index contributed by atoms with van der Waals surface area (Å²) in [7, 11) is 1.58. The molecule has 2 N–H and O–H groups in total. The van der Waals surface area contributed by atoms with Crippen LogP contribution in [-0.4, -0.2) is 53.2 Å². The Morgan fingerprint density at radius 2 is 1.96 bits per heavy atom. The van der Waals surface area contributed by atoms with E-state index in [4.69, 9.17) is 5.73 Å². The highest BCUT2D eigenvalue weighted by Crippen LogP contribution is 2.20. The van der Waals surface area contributed by atoms with Crippen LogP contribution in [0.15, 0.2) is 30.3 Å². The molecule has 1 heterocycles. The Labute approximate surface area is 136 Å². The molecular formula is C17H23N3O3. The van der Waals surface area contributed by atoms with Gasteiger partial charge in [-0.2, -0.15) is 0 Å². The lowest BCUT2D eigenvalue weighted by Crippen LogP contribution is -2.53. The summed E-state index contributed by atoms with van der Waals surface area (Å²) in [6, 6.07) is 8.22. The summed E-state index contributed by atoms with van der Waals surface area (Å²) < 4.78 is 0. The standard InChI is InChI=1S/C17H23N3O3/c1-12(21)20-10-6-9-14(20)17(23)19(2)15(16(18)22)11-13-7-4-3-5-8-13/h3-5,7-8,14-15H,6,9-11H2,1-2H3,(H2,18,22)/t14-,15-/m0/s1. The summed E-state index contributed by atoms with van der Waals surface area (Å²) in [5.74, 6) is -0.887. The normalized spacial score (nSPS) is 18.5. The number of rotatable bonds is 5. The molecule has 2 atom stereocenters. The zero-order chi connectivity index (χ0) is 17.0. The largest absolute Gasteiger partial charge is 0.368 e. The van der Waals surface area contributed by atoms with Crippen molar-refractivity contribution in [3.8, 4) is 0 Å². The van der Waals surface area contributed by atoms with Crippen LogP contribution in [0.3, 0.4) is 0 Å². The van der Waals surface area contributed by atoms with Gasteiger partial charge in [0.2, 0.25) is 17.7 Å². The number of benzene rings is 1. The van der Waals surface area contributed by atoms with Gasteiger partial charge in [-0.15, -0.1) is 0 Å². The van der Waals surface area contributed by atoms with Gasteiger partial charge in [0.1, 0.15) is 12.1 Å². The Morgan fingerprint density at radius 3 is 2.52 bits per heavy atom. The molecule has 124 valence electrons. The molecule has 2 rings (SSSR count). The predicted octanol–water partition coefficient (Wildman–Crippen LogP) is 0.552. The van der Waals surface area contributed by atoms with E-state index in [0.29, 0.717) is 19.4 Å². The fraction of sp³-hybridized carbons (Fsp3) is 0.471. The Bertz CT molecular complexity index is 588. The summed E-state index contributed by atoms with van der Waals surface area (Å²) >= 11 is 0. The number of nitrogens with zero attached hydrogens (tertiary/aromatic N) is 2. The van der Waals surface area contributed by atoms with E-state index >= 15 is 0 Å². The highest BCUT2D eigenvalue weighted by molar-refractivity contribution is 5.91. The minimum Gasteiger partial charge on any atom is -0.368 e. The van der Waals surface area contributed by atoms with Crippen molar-refractivity contribution >= 4 is 17.7 Å². The Kier molecular flexibility index (Phi) is 5.36. The minimum absolute atomic E-state index is 0.118. The van der Waals surface area contributed by atoms with Crippen LogP contribution in [0.4, 0.5) is 0 Å². The molecule has 1 aliphatic rings. The van der Waals surface area contributed by atoms with Gasteiger partial charge in [-0.05, 0) is 18.4 Å². The van der Waals surface area contributed by atoms with Crippen molar-refractivity contribution in [1.29, 1.82) is 0 Å². The minimum atomic E-state index is -0.723. The van der Waals surface area contributed by atoms with E-state index in [1.807, 2.05) is 30.3 Å². The van der Waals surface area contributed by atoms with Gasteiger partial charge in [0.05, 0.1) is 0 Å². The van der Waals surface area contributed by atoms with Crippen LogP contribution in [0.2, 0.25) is 0 Å². The molecule has 0 bridgehead atoms. The SMILES string of the molecule is CC(=O)N1CCC[C@H]1C(=O)N(C)[C@@H](Cc1ccccc1)C(N)=O. The van der Waals surface area contributed by atoms with Gasteiger partial charge in [-0.3, -0.25) is 14.4 Å². The number of primary amides is 1. The maximum absolute atomic E-state index is 12.7. The molecule has 0 aromatic heterocycles. The first kappa shape index (κ1) is 17.0. The van der Waals surface area contributed by atoms with Crippen molar-refractivity contribution in [2.45, 2.75) is 38.3 Å². The number of likely N-dealkylation sites (tertiary alicyclic amines) is 1. The highest BCUT2D eigenvalue weighted by atomic mass is 16.2. The monoisotopic (exact) mass is 317 g/mol. The van der Waals surface area contributed by atoms with Gasteiger partial charge in [0.25, 0.3) is 0 Å². The van der Waals surface area contributed by atoms with E-state index in [-0.39, 0.29) is 11.8 Å². The van der Waals surface area contributed by atoms with E-state index in [0.717, 1.165) is 12.0 Å². The Balaban J connectivity index is 2.14. The van der Waals surface area contributed by atoms with Crippen molar-refractivity contribution in [3.05, 3.63) is 35.9 Å². The third-order valence-corrected chi connectivity index (χ3v) is 4.36. The lowest BCUT2D eigenvalue weighted by Gasteiger charge is -2.31. The summed E-state index contributed by atoms with van der Waals surface area (Å²) in [6.45, 7) is 2.04. The molecule has 0 spiro atoms. The van der Waals surface area contributed by atoms with Gasteiger partial charge >= 0.3 is 0 Å². The van der Waals surface area contributed by atoms with Crippen molar-refractivity contribution in [2.24, 2.45) is 5.73 Å². The molecule has 0 radical (unpaired) electrons. The maximum atomic E-state index is 12.7. The number of hydrogen-bond donors (Lipinski definition) is 1. The van der Waals surface area contributed by atoms with Gasteiger partial charge in [0.15, 0.2) is 0 Å². The topological polar surface area (TPSA) is 83.7 Å². The molecule has 1 fully saturated rings. The Hall–Kier alpha value is -2.37. The zero-order valence-electron chi connectivity index (χ0n) is 13.6. The molecule has 3 amide bonds.